The molecule has 3 aromatic rings. The van der Waals surface area contributed by atoms with Gasteiger partial charge in [0.25, 0.3) is 0 Å². The molecule has 2 N–H and O–H groups in total. The molecule has 0 aliphatic carbocycles. The lowest BCUT2D eigenvalue weighted by Crippen LogP contribution is -2.26. The summed E-state index contributed by atoms with van der Waals surface area (Å²) < 4.78 is 74.7. The first-order chi connectivity index (χ1) is 24.4. The van der Waals surface area contributed by atoms with Gasteiger partial charge in [0, 0.05) is 5.69 Å². The van der Waals surface area contributed by atoms with Gasteiger partial charge in [-0.1, -0.05) is 90.9 Å². The molecule has 0 aliphatic rings. The Labute approximate surface area is 306 Å². The van der Waals surface area contributed by atoms with Crippen LogP contribution < -0.4 is 5.73 Å². The predicted molar refractivity (Wildman–Crippen MR) is 197 cm³/mol. The molecule has 3 rings (SSSR count). The van der Waals surface area contributed by atoms with Crippen molar-refractivity contribution in [3.05, 3.63) is 112 Å². The van der Waals surface area contributed by atoms with Crippen molar-refractivity contribution in [2.24, 2.45) is 11.3 Å². The number of carbonyl (C=O) groups excluding carboxylic acids is 2. The molecule has 11 heteroatoms. The zero-order chi connectivity index (χ0) is 40.0. The number of ether oxygens (including phenoxy) is 2. The molecule has 3 aromatic carbocycles. The van der Waals surface area contributed by atoms with E-state index in [0.29, 0.717) is 18.3 Å². The third-order valence-electron chi connectivity index (χ3n) is 8.65. The van der Waals surface area contributed by atoms with Crippen LogP contribution in [0.4, 0.5) is 27.6 Å². The van der Waals surface area contributed by atoms with Crippen molar-refractivity contribution >= 4 is 17.6 Å². The van der Waals surface area contributed by atoms with E-state index >= 15 is 0 Å². The molecule has 0 radical (unpaired) electrons. The van der Waals surface area contributed by atoms with Gasteiger partial charge in [-0.15, -0.1) is 0 Å². The number of nitrogens with zero attached hydrogens (tertiary/aromatic N) is 1. The molecule has 3 unspecified atom stereocenters. The molecule has 288 valence electrons. The lowest BCUT2D eigenvalue weighted by Gasteiger charge is -2.20. The molecule has 0 aliphatic heterocycles. The maximum absolute atomic E-state index is 13.3. The van der Waals surface area contributed by atoms with Gasteiger partial charge in [-0.2, -0.15) is 0 Å². The van der Waals surface area contributed by atoms with Gasteiger partial charge in [0.15, 0.2) is 29.9 Å². The van der Waals surface area contributed by atoms with Crippen molar-refractivity contribution in [2.45, 2.75) is 106 Å². The van der Waals surface area contributed by atoms with Crippen molar-refractivity contribution in [1.29, 1.82) is 0 Å². The lowest BCUT2D eigenvalue weighted by atomic mass is 9.91. The van der Waals surface area contributed by atoms with E-state index in [9.17, 15) is 31.5 Å². The average Bonchev–Trinajstić information content (AvgIpc) is 3.16. The highest BCUT2D eigenvalue weighted by Gasteiger charge is 2.30. The molecule has 52 heavy (non-hydrogen) atoms. The number of nitrogen functional groups attached to an aromatic ring is 1. The van der Waals surface area contributed by atoms with Gasteiger partial charge in [0.05, 0.1) is 16.9 Å². The zero-order valence-corrected chi connectivity index (χ0v) is 31.9. The second-order valence-electron chi connectivity index (χ2n) is 12.9. The molecule has 0 amide bonds. The molecule has 0 saturated carbocycles. The fraction of sp³-hybridized carbons (Fsp3) is 0.488. The van der Waals surface area contributed by atoms with Crippen LogP contribution in [0.3, 0.4) is 0 Å². The van der Waals surface area contributed by atoms with Crippen molar-refractivity contribution < 1.29 is 41.0 Å². The highest BCUT2D eigenvalue weighted by molar-refractivity contribution is 5.75. The number of halogens is 5. The summed E-state index contributed by atoms with van der Waals surface area (Å²) in [4.78, 5) is 25.6. The number of hydrogen-bond acceptors (Lipinski definition) is 5. The predicted octanol–water partition coefficient (Wildman–Crippen LogP) is 11.3. The van der Waals surface area contributed by atoms with E-state index in [0.717, 1.165) is 12.1 Å². The highest BCUT2D eigenvalue weighted by Crippen LogP contribution is 2.26. The van der Waals surface area contributed by atoms with Crippen LogP contribution >= 0.6 is 0 Å². The van der Waals surface area contributed by atoms with Crippen LogP contribution in [0.1, 0.15) is 117 Å². The third kappa shape index (κ3) is 16.3. The van der Waals surface area contributed by atoms with Crippen LogP contribution in [0.2, 0.25) is 0 Å². The molecular weight excluding hydrogens is 679 g/mol. The van der Waals surface area contributed by atoms with Crippen LogP contribution in [0.25, 0.3) is 4.85 Å². The largest absolute Gasteiger partial charge is 0.460 e. The Hall–Kier alpha value is -4.46. The average molecular weight is 735 g/mol. The number of anilines is 1. The van der Waals surface area contributed by atoms with E-state index < -0.39 is 52.6 Å². The minimum Gasteiger partial charge on any atom is -0.460 e. The smallest absolute Gasteiger partial charge is 0.311 e. The molecular formula is C41H55F5N2O4. The first-order valence-electron chi connectivity index (χ1n) is 17.5. The summed E-state index contributed by atoms with van der Waals surface area (Å²) in [6, 6.07) is 18.8. The SMILES string of the molecule is CCC(C)(C)C(=O)OCc1c(F)c(F)c(F)c(F)c1F.CCC(C)c1ccc(N)cc1.CCC(C)c1ccccc1.[C-]#[N+]CCOC(=O)C(C)CC. The maximum atomic E-state index is 13.3. The number of rotatable bonds is 12. The first-order valence-corrected chi connectivity index (χ1v) is 17.5. The fourth-order valence-electron chi connectivity index (χ4n) is 3.83. The van der Waals surface area contributed by atoms with E-state index in [1.165, 1.54) is 37.8 Å². The number of esters is 2. The van der Waals surface area contributed by atoms with Gasteiger partial charge in [0.2, 0.25) is 12.4 Å². The van der Waals surface area contributed by atoms with E-state index in [2.05, 4.69) is 79.7 Å². The summed E-state index contributed by atoms with van der Waals surface area (Å²) in [5.74, 6) is -10.0. The van der Waals surface area contributed by atoms with Crippen molar-refractivity contribution in [3.63, 3.8) is 0 Å². The highest BCUT2D eigenvalue weighted by atomic mass is 19.2. The lowest BCUT2D eigenvalue weighted by molar-refractivity contribution is -0.155. The van der Waals surface area contributed by atoms with Crippen LogP contribution in [0.15, 0.2) is 54.6 Å². The second kappa shape index (κ2) is 24.7. The normalized spacial score (nSPS) is 12.2. The molecule has 0 fully saturated rings. The van der Waals surface area contributed by atoms with Gasteiger partial charge in [0.1, 0.15) is 6.61 Å². The Bertz CT molecular complexity index is 1510. The Kier molecular flexibility index (Phi) is 22.6. The van der Waals surface area contributed by atoms with Gasteiger partial charge in [-0.3, -0.25) is 9.59 Å². The third-order valence-corrected chi connectivity index (χ3v) is 8.65. The molecule has 0 heterocycles. The number of hydrogen-bond donors (Lipinski definition) is 1. The molecule has 0 aromatic heterocycles. The van der Waals surface area contributed by atoms with Gasteiger partial charge in [-0.25, -0.2) is 28.5 Å². The van der Waals surface area contributed by atoms with Crippen molar-refractivity contribution in [2.75, 3.05) is 18.9 Å². The standard InChI is InChI=1S/C13H13F5O2.C10H15N.C10H14.C8H13NO2/c1-4-13(2,3)12(19)20-5-6-7(14)9(16)11(18)10(17)8(6)15;1-3-8(2)9-4-6-10(11)7-5-9;1-3-9(2)10-7-5-4-6-8-10;1-4-7(2)8(10)11-6-5-9-3/h4-5H2,1-3H3;4-8H,3,11H2,1-2H3;4-9H,3H2,1-2H3;7H,4-6H2,1-2H3. The zero-order valence-electron chi connectivity index (χ0n) is 31.9. The number of benzene rings is 3. The van der Waals surface area contributed by atoms with Crippen LogP contribution in [0, 0.1) is 47.0 Å². The summed E-state index contributed by atoms with van der Waals surface area (Å²) in [7, 11) is 0. The molecule has 0 spiro atoms. The van der Waals surface area contributed by atoms with Gasteiger partial charge < -0.3 is 20.1 Å². The van der Waals surface area contributed by atoms with Crippen LogP contribution in [-0.4, -0.2) is 25.1 Å². The van der Waals surface area contributed by atoms with E-state index in [-0.39, 0.29) is 25.0 Å². The quantitative estimate of drug-likeness (QED) is 0.0381. The number of carbonyl (C=O) groups is 2. The van der Waals surface area contributed by atoms with Crippen molar-refractivity contribution in [3.8, 4) is 0 Å². The maximum Gasteiger partial charge on any atom is 0.311 e. The molecule has 0 bridgehead atoms. The molecule has 0 saturated heterocycles. The monoisotopic (exact) mass is 734 g/mol. The van der Waals surface area contributed by atoms with Crippen LogP contribution in [-0.2, 0) is 25.7 Å². The minimum absolute atomic E-state index is 0.0410. The summed E-state index contributed by atoms with van der Waals surface area (Å²) in [5, 5.41) is 0. The van der Waals surface area contributed by atoms with E-state index in [1.54, 1.807) is 6.92 Å². The van der Waals surface area contributed by atoms with Gasteiger partial charge in [-0.05, 0) is 74.6 Å². The fourth-order valence-corrected chi connectivity index (χ4v) is 3.83. The van der Waals surface area contributed by atoms with Crippen molar-refractivity contribution in [1.82, 2.24) is 0 Å². The summed E-state index contributed by atoms with van der Waals surface area (Å²) in [6.45, 7) is 23.3. The number of nitrogens with two attached hydrogens (primary N) is 1. The first kappa shape index (κ1) is 47.5. The minimum atomic E-state index is -2.25. The second-order valence-corrected chi connectivity index (χ2v) is 12.9. The topological polar surface area (TPSA) is 83.0 Å². The molecule has 3 atom stereocenters. The summed E-state index contributed by atoms with van der Waals surface area (Å²) >= 11 is 0. The summed E-state index contributed by atoms with van der Waals surface area (Å²) in [6.07, 6.45) is 3.59. The Balaban J connectivity index is 0.000000701. The Morgan fingerprint density at radius 2 is 1.19 bits per heavy atom. The van der Waals surface area contributed by atoms with Gasteiger partial charge >= 0.3 is 11.9 Å². The Morgan fingerprint density at radius 3 is 1.62 bits per heavy atom. The van der Waals surface area contributed by atoms with Crippen LogP contribution in [0.5, 0.6) is 0 Å². The Morgan fingerprint density at radius 1 is 0.731 bits per heavy atom. The molecule has 6 nitrogen and oxygen atoms in total. The summed E-state index contributed by atoms with van der Waals surface area (Å²) in [5.41, 5.74) is 7.16. The van der Waals surface area contributed by atoms with E-state index in [4.69, 9.17) is 17.0 Å². The van der Waals surface area contributed by atoms with E-state index in [1.807, 2.05) is 26.0 Å².